The SMILES string of the molecule is C=CC(=O)Nc1cccc(Nc2nc(Nc3ccc(C4CCN(C)CC4)cc3OC)ncc2C)c1. The number of methoxy groups -OCH3 is 1. The van der Waals surface area contributed by atoms with Gasteiger partial charge in [0.05, 0.1) is 12.8 Å². The van der Waals surface area contributed by atoms with E-state index in [0.29, 0.717) is 23.4 Å². The second-order valence-corrected chi connectivity index (χ2v) is 8.79. The molecule has 0 aliphatic carbocycles. The summed E-state index contributed by atoms with van der Waals surface area (Å²) in [4.78, 5) is 23.1. The van der Waals surface area contributed by atoms with Gasteiger partial charge in [-0.05, 0) is 87.8 Å². The van der Waals surface area contributed by atoms with Crippen molar-refractivity contribution in [2.45, 2.75) is 25.7 Å². The van der Waals surface area contributed by atoms with E-state index in [4.69, 9.17) is 4.74 Å². The van der Waals surface area contributed by atoms with E-state index in [1.165, 1.54) is 11.6 Å². The van der Waals surface area contributed by atoms with E-state index in [9.17, 15) is 4.79 Å². The van der Waals surface area contributed by atoms with Gasteiger partial charge in [-0.15, -0.1) is 0 Å². The number of nitrogens with zero attached hydrogens (tertiary/aromatic N) is 3. The van der Waals surface area contributed by atoms with Gasteiger partial charge in [0.25, 0.3) is 0 Å². The van der Waals surface area contributed by atoms with Crippen LogP contribution in [0.15, 0.2) is 61.3 Å². The van der Waals surface area contributed by atoms with Crippen LogP contribution >= 0.6 is 0 Å². The number of rotatable bonds is 8. The number of aryl methyl sites for hydroxylation is 1. The predicted molar refractivity (Wildman–Crippen MR) is 141 cm³/mol. The monoisotopic (exact) mass is 472 g/mol. The van der Waals surface area contributed by atoms with Gasteiger partial charge < -0.3 is 25.6 Å². The number of aromatic nitrogens is 2. The number of benzene rings is 2. The summed E-state index contributed by atoms with van der Waals surface area (Å²) in [5.41, 5.74) is 4.46. The lowest BCUT2D eigenvalue weighted by molar-refractivity contribution is -0.111. The third-order valence-corrected chi connectivity index (χ3v) is 6.21. The molecule has 1 aromatic heterocycles. The van der Waals surface area contributed by atoms with Crippen molar-refractivity contribution in [1.29, 1.82) is 0 Å². The summed E-state index contributed by atoms with van der Waals surface area (Å²) in [5, 5.41) is 9.37. The Hall–Kier alpha value is -3.91. The van der Waals surface area contributed by atoms with Gasteiger partial charge in [0.15, 0.2) is 0 Å². The largest absolute Gasteiger partial charge is 0.495 e. The lowest BCUT2D eigenvalue weighted by Gasteiger charge is -2.29. The molecule has 1 fully saturated rings. The molecule has 2 aromatic carbocycles. The van der Waals surface area contributed by atoms with Crippen LogP contribution in [0.25, 0.3) is 0 Å². The minimum absolute atomic E-state index is 0.261. The molecule has 3 N–H and O–H groups in total. The van der Waals surface area contributed by atoms with E-state index in [1.807, 2.05) is 37.3 Å². The maximum absolute atomic E-state index is 11.6. The van der Waals surface area contributed by atoms with Crippen LogP contribution in [-0.2, 0) is 4.79 Å². The number of carbonyl (C=O) groups excluding carboxylic acids is 1. The zero-order valence-corrected chi connectivity index (χ0v) is 20.5. The number of ether oxygens (including phenoxy) is 1. The number of piperidine rings is 1. The Morgan fingerprint density at radius 2 is 1.91 bits per heavy atom. The van der Waals surface area contributed by atoms with Crippen molar-refractivity contribution in [3.8, 4) is 5.75 Å². The first kappa shape index (κ1) is 24.2. The van der Waals surface area contributed by atoms with Crippen LogP contribution in [0.4, 0.5) is 28.8 Å². The first-order valence-corrected chi connectivity index (χ1v) is 11.7. The summed E-state index contributed by atoms with van der Waals surface area (Å²) in [6.45, 7) is 7.65. The number of hydrogen-bond donors (Lipinski definition) is 3. The van der Waals surface area contributed by atoms with Gasteiger partial charge in [-0.3, -0.25) is 4.79 Å². The molecule has 0 radical (unpaired) electrons. The van der Waals surface area contributed by atoms with Crippen molar-refractivity contribution in [3.63, 3.8) is 0 Å². The molecule has 8 heteroatoms. The Labute approximate surface area is 206 Å². The topological polar surface area (TPSA) is 91.4 Å². The quantitative estimate of drug-likeness (QED) is 0.388. The van der Waals surface area contributed by atoms with E-state index < -0.39 is 0 Å². The Morgan fingerprint density at radius 1 is 1.14 bits per heavy atom. The molecule has 1 amide bonds. The smallest absolute Gasteiger partial charge is 0.247 e. The van der Waals surface area contributed by atoms with Crippen LogP contribution in [0.2, 0.25) is 0 Å². The van der Waals surface area contributed by atoms with Gasteiger partial charge >= 0.3 is 0 Å². The van der Waals surface area contributed by atoms with Crippen molar-refractivity contribution >= 4 is 34.7 Å². The number of nitrogens with one attached hydrogen (secondary N) is 3. The van der Waals surface area contributed by atoms with Crippen molar-refractivity contribution in [1.82, 2.24) is 14.9 Å². The highest BCUT2D eigenvalue weighted by Gasteiger charge is 2.20. The van der Waals surface area contributed by atoms with Crippen molar-refractivity contribution in [2.24, 2.45) is 0 Å². The fourth-order valence-corrected chi connectivity index (χ4v) is 4.16. The van der Waals surface area contributed by atoms with Gasteiger partial charge in [0.2, 0.25) is 11.9 Å². The number of likely N-dealkylation sites (tertiary alicyclic amines) is 1. The molecule has 35 heavy (non-hydrogen) atoms. The Balaban J connectivity index is 1.50. The summed E-state index contributed by atoms with van der Waals surface area (Å²) in [6.07, 6.45) is 5.31. The zero-order chi connectivity index (χ0) is 24.8. The van der Waals surface area contributed by atoms with Crippen molar-refractivity contribution in [2.75, 3.05) is 43.2 Å². The van der Waals surface area contributed by atoms with Gasteiger partial charge in [-0.25, -0.2) is 4.98 Å². The minimum Gasteiger partial charge on any atom is -0.495 e. The molecule has 0 unspecified atom stereocenters. The normalized spacial score (nSPS) is 14.3. The predicted octanol–water partition coefficient (Wildman–Crippen LogP) is 5.21. The molecule has 1 saturated heterocycles. The average molecular weight is 473 g/mol. The Kier molecular flexibility index (Phi) is 7.62. The molecule has 0 atom stereocenters. The van der Waals surface area contributed by atoms with Crippen LogP contribution in [0.1, 0.15) is 29.9 Å². The molecule has 4 rings (SSSR count). The van der Waals surface area contributed by atoms with Crippen LogP contribution in [0, 0.1) is 6.92 Å². The third kappa shape index (κ3) is 6.16. The molecule has 3 aromatic rings. The second-order valence-electron chi connectivity index (χ2n) is 8.79. The molecule has 8 nitrogen and oxygen atoms in total. The van der Waals surface area contributed by atoms with Gasteiger partial charge in [0, 0.05) is 23.1 Å². The maximum Gasteiger partial charge on any atom is 0.247 e. The summed E-state index contributed by atoms with van der Waals surface area (Å²) in [5.74, 6) is 2.18. The van der Waals surface area contributed by atoms with Gasteiger partial charge in [-0.1, -0.05) is 18.7 Å². The van der Waals surface area contributed by atoms with Crippen LogP contribution in [0.5, 0.6) is 5.75 Å². The standard InChI is InChI=1S/C27H32N6O2/c1-5-25(34)29-21-7-6-8-22(16-21)30-26-18(2)17-28-27(32-26)31-23-10-9-20(15-24(23)35-4)19-11-13-33(3)14-12-19/h5-10,15-17,19H,1,11-14H2,2-4H3,(H,29,34)(H2,28,30,31,32). The van der Waals surface area contributed by atoms with Gasteiger partial charge in [0.1, 0.15) is 11.6 Å². The fourth-order valence-electron chi connectivity index (χ4n) is 4.16. The molecule has 0 bridgehead atoms. The third-order valence-electron chi connectivity index (χ3n) is 6.21. The highest BCUT2D eigenvalue weighted by atomic mass is 16.5. The van der Waals surface area contributed by atoms with Crippen LogP contribution in [-0.4, -0.2) is 48.0 Å². The molecule has 182 valence electrons. The van der Waals surface area contributed by atoms with E-state index >= 15 is 0 Å². The van der Waals surface area contributed by atoms with E-state index in [0.717, 1.165) is 48.6 Å². The van der Waals surface area contributed by atoms with Crippen LogP contribution < -0.4 is 20.7 Å². The summed E-state index contributed by atoms with van der Waals surface area (Å²) in [6, 6.07) is 13.7. The summed E-state index contributed by atoms with van der Waals surface area (Å²) in [7, 11) is 3.85. The molecule has 1 aliphatic heterocycles. The molecule has 1 aliphatic rings. The number of carbonyl (C=O) groups is 1. The Bertz CT molecular complexity index is 1200. The average Bonchev–Trinajstić information content (AvgIpc) is 2.87. The van der Waals surface area contributed by atoms with Crippen molar-refractivity contribution in [3.05, 3.63) is 72.4 Å². The second kappa shape index (κ2) is 11.0. The lowest BCUT2D eigenvalue weighted by atomic mass is 9.89. The molecular formula is C27H32N6O2. The zero-order valence-electron chi connectivity index (χ0n) is 20.5. The van der Waals surface area contributed by atoms with E-state index in [-0.39, 0.29) is 5.91 Å². The van der Waals surface area contributed by atoms with Crippen molar-refractivity contribution < 1.29 is 9.53 Å². The number of hydrogen-bond acceptors (Lipinski definition) is 7. The lowest BCUT2D eigenvalue weighted by Crippen LogP contribution is -2.29. The summed E-state index contributed by atoms with van der Waals surface area (Å²) < 4.78 is 5.69. The number of amides is 1. The molecule has 0 spiro atoms. The molecule has 2 heterocycles. The van der Waals surface area contributed by atoms with Crippen LogP contribution in [0.3, 0.4) is 0 Å². The minimum atomic E-state index is -0.261. The molecule has 0 saturated carbocycles. The first-order chi connectivity index (χ1) is 16.9. The Morgan fingerprint density at radius 3 is 2.66 bits per heavy atom. The fraction of sp³-hybridized carbons (Fsp3) is 0.296. The summed E-state index contributed by atoms with van der Waals surface area (Å²) >= 11 is 0. The maximum atomic E-state index is 11.6. The molecular weight excluding hydrogens is 440 g/mol. The van der Waals surface area contributed by atoms with E-state index in [1.54, 1.807) is 13.3 Å². The first-order valence-electron chi connectivity index (χ1n) is 11.7. The van der Waals surface area contributed by atoms with Gasteiger partial charge in [-0.2, -0.15) is 4.98 Å². The highest BCUT2D eigenvalue weighted by molar-refractivity contribution is 5.99. The highest BCUT2D eigenvalue weighted by Crippen LogP contribution is 2.34. The van der Waals surface area contributed by atoms with E-state index in [2.05, 4.69) is 56.6 Å². The number of anilines is 5.